The van der Waals surface area contributed by atoms with Crippen LogP contribution in [0.15, 0.2) is 109 Å². The molecular weight excluding hydrogens is 813 g/mol. The van der Waals surface area contributed by atoms with E-state index in [1.165, 1.54) is 83.5 Å². The highest BCUT2D eigenvalue weighted by molar-refractivity contribution is 5.70. The molecule has 0 aliphatic rings. The quantitative estimate of drug-likeness (QED) is 0.0346. The molecule has 0 aromatic heterocycles. The Morgan fingerprint density at radius 2 is 0.682 bits per heavy atom. The van der Waals surface area contributed by atoms with Gasteiger partial charge >= 0.3 is 11.9 Å². The lowest BCUT2D eigenvalue weighted by atomic mass is 10.1. The van der Waals surface area contributed by atoms with Gasteiger partial charge in [-0.25, -0.2) is 0 Å². The zero-order valence-corrected chi connectivity index (χ0v) is 43.2. The fourth-order valence-electron chi connectivity index (χ4n) is 7.25. The molecule has 0 saturated heterocycles. The number of carbonyl (C=O) groups excluding carboxylic acids is 2. The van der Waals surface area contributed by atoms with Crippen LogP contribution in [0.2, 0.25) is 0 Å². The van der Waals surface area contributed by atoms with Crippen molar-refractivity contribution in [3.05, 3.63) is 109 Å². The van der Waals surface area contributed by atoms with Gasteiger partial charge in [0.05, 0.1) is 6.61 Å². The van der Waals surface area contributed by atoms with E-state index in [0.717, 1.165) is 122 Å². The van der Waals surface area contributed by atoms with Gasteiger partial charge in [0.2, 0.25) is 0 Å². The van der Waals surface area contributed by atoms with Gasteiger partial charge in [-0.3, -0.25) is 9.59 Å². The second-order valence-electron chi connectivity index (χ2n) is 17.7. The minimum atomic E-state index is -0.563. The molecule has 0 bridgehead atoms. The molecule has 0 amide bonds. The van der Waals surface area contributed by atoms with Crippen LogP contribution < -0.4 is 0 Å². The monoisotopic (exact) mass is 915 g/mol. The normalized spacial score (nSPS) is 13.1. The fraction of sp³-hybridized carbons (Fsp3) is 0.672. The molecule has 5 heteroatoms. The van der Waals surface area contributed by atoms with E-state index >= 15 is 0 Å². The molecule has 66 heavy (non-hydrogen) atoms. The maximum absolute atomic E-state index is 12.8. The molecule has 0 aromatic carbocycles. The predicted octanol–water partition coefficient (Wildman–Crippen LogP) is 18.8. The highest BCUT2D eigenvalue weighted by atomic mass is 16.6. The number of esters is 2. The lowest BCUT2D eigenvalue weighted by Gasteiger charge is -2.18. The molecule has 1 atom stereocenters. The number of ether oxygens (including phenoxy) is 3. The van der Waals surface area contributed by atoms with Crippen molar-refractivity contribution < 1.29 is 23.8 Å². The van der Waals surface area contributed by atoms with E-state index in [2.05, 4.69) is 130 Å². The molecule has 5 nitrogen and oxygen atoms in total. The molecule has 1 unspecified atom stereocenters. The number of hydrogen-bond donors (Lipinski definition) is 0. The minimum Gasteiger partial charge on any atom is -0.462 e. The van der Waals surface area contributed by atoms with E-state index in [1.807, 2.05) is 0 Å². The molecule has 0 fully saturated rings. The molecule has 0 radical (unpaired) electrons. The topological polar surface area (TPSA) is 61.8 Å². The van der Waals surface area contributed by atoms with Crippen molar-refractivity contribution in [1.29, 1.82) is 0 Å². The number of unbranched alkanes of at least 4 members (excludes halogenated alkanes) is 20. The van der Waals surface area contributed by atoms with Crippen LogP contribution in [0.25, 0.3) is 0 Å². The molecule has 376 valence electrons. The molecule has 0 heterocycles. The van der Waals surface area contributed by atoms with Crippen molar-refractivity contribution in [1.82, 2.24) is 0 Å². The van der Waals surface area contributed by atoms with Crippen molar-refractivity contribution in [2.75, 3.05) is 19.8 Å². The molecule has 0 saturated carbocycles. The predicted molar refractivity (Wildman–Crippen MR) is 288 cm³/mol. The Balaban J connectivity index is 4.35. The minimum absolute atomic E-state index is 0.0608. The second kappa shape index (κ2) is 55.9. The van der Waals surface area contributed by atoms with Crippen LogP contribution in [0.5, 0.6) is 0 Å². The third kappa shape index (κ3) is 53.2. The summed E-state index contributed by atoms with van der Waals surface area (Å²) in [5, 5.41) is 0. The highest BCUT2D eigenvalue weighted by Gasteiger charge is 2.17. The molecule has 0 aromatic rings. The van der Waals surface area contributed by atoms with Gasteiger partial charge in [-0.1, -0.05) is 214 Å². The molecule has 0 rings (SSSR count). The summed E-state index contributed by atoms with van der Waals surface area (Å²) in [6.07, 6.45) is 76.7. The van der Waals surface area contributed by atoms with Crippen molar-refractivity contribution in [2.24, 2.45) is 0 Å². The Morgan fingerprint density at radius 1 is 0.348 bits per heavy atom. The van der Waals surface area contributed by atoms with E-state index in [1.54, 1.807) is 0 Å². The maximum atomic E-state index is 12.8. The summed E-state index contributed by atoms with van der Waals surface area (Å²) in [6, 6.07) is 0. The smallest absolute Gasteiger partial charge is 0.306 e. The Kier molecular flexibility index (Phi) is 53.0. The van der Waals surface area contributed by atoms with Crippen LogP contribution in [0.4, 0.5) is 0 Å². The Labute approximate surface area is 408 Å². The van der Waals surface area contributed by atoms with Gasteiger partial charge in [-0.2, -0.15) is 0 Å². The standard InChI is InChI=1S/C61H102O5/c1-4-7-10-13-16-19-22-25-27-29-31-32-34-37-39-42-45-48-51-54-60(62)65-58-59(66-61(63)55-52-49-46-43-40-36-24-21-18-15-12-9-6-3)57-64-56-53-50-47-44-41-38-35-33-30-28-26-23-20-17-14-11-8-5-2/h7-8,10-11,16-17,19-21,24-28,31-33,35,59H,4-6,9,12-15,18,22-23,29-30,34,36-58H2,1-3H3/b10-7-,11-8-,19-16-,20-17-,24-21-,27-25-,28-26-,32-31-,35-33-. The Hall–Kier alpha value is -3.44. The van der Waals surface area contributed by atoms with Gasteiger partial charge in [0.25, 0.3) is 0 Å². The van der Waals surface area contributed by atoms with E-state index in [0.29, 0.717) is 19.4 Å². The molecule has 0 aliphatic carbocycles. The summed E-state index contributed by atoms with van der Waals surface area (Å²) in [4.78, 5) is 25.5. The second-order valence-corrected chi connectivity index (χ2v) is 17.7. The van der Waals surface area contributed by atoms with Crippen molar-refractivity contribution in [3.8, 4) is 0 Å². The van der Waals surface area contributed by atoms with Gasteiger partial charge in [0.1, 0.15) is 6.61 Å². The highest BCUT2D eigenvalue weighted by Crippen LogP contribution is 2.13. The number of carbonyl (C=O) groups is 2. The summed E-state index contributed by atoms with van der Waals surface area (Å²) >= 11 is 0. The number of hydrogen-bond acceptors (Lipinski definition) is 5. The molecular formula is C61H102O5. The lowest BCUT2D eigenvalue weighted by Crippen LogP contribution is -2.30. The SMILES string of the molecule is CC/C=C\C/C=C\C/C=C\C/C=C\CCCCCCCCC(=O)OCC(COCCCCCCC/C=C\C/C=C\C/C=C\C/C=C\CC)OC(=O)CCCCCCC/C=C\CCCCCC. The molecule has 0 spiro atoms. The van der Waals surface area contributed by atoms with Crippen LogP contribution in [-0.2, 0) is 23.8 Å². The Morgan fingerprint density at radius 3 is 1.11 bits per heavy atom. The van der Waals surface area contributed by atoms with Gasteiger partial charge < -0.3 is 14.2 Å². The molecule has 0 aliphatic heterocycles. The van der Waals surface area contributed by atoms with Gasteiger partial charge in [-0.05, 0) is 122 Å². The van der Waals surface area contributed by atoms with Crippen molar-refractivity contribution >= 4 is 11.9 Å². The van der Waals surface area contributed by atoms with Gasteiger partial charge in [0.15, 0.2) is 6.10 Å². The number of rotatable bonds is 49. The first kappa shape index (κ1) is 62.6. The van der Waals surface area contributed by atoms with Crippen LogP contribution >= 0.6 is 0 Å². The van der Waals surface area contributed by atoms with Crippen molar-refractivity contribution in [2.45, 2.75) is 245 Å². The van der Waals surface area contributed by atoms with Gasteiger partial charge in [0, 0.05) is 19.4 Å². The molecule has 0 N–H and O–H groups in total. The average molecular weight is 915 g/mol. The van der Waals surface area contributed by atoms with Crippen LogP contribution in [-0.4, -0.2) is 37.9 Å². The van der Waals surface area contributed by atoms with Crippen molar-refractivity contribution in [3.63, 3.8) is 0 Å². The third-order valence-electron chi connectivity index (χ3n) is 11.3. The average Bonchev–Trinajstić information content (AvgIpc) is 3.32. The first-order valence-corrected chi connectivity index (χ1v) is 27.4. The number of allylic oxidation sites excluding steroid dienone is 18. The third-order valence-corrected chi connectivity index (χ3v) is 11.3. The fourth-order valence-corrected chi connectivity index (χ4v) is 7.25. The van der Waals surface area contributed by atoms with E-state index in [9.17, 15) is 9.59 Å². The largest absolute Gasteiger partial charge is 0.462 e. The van der Waals surface area contributed by atoms with E-state index in [-0.39, 0.29) is 25.2 Å². The van der Waals surface area contributed by atoms with Crippen LogP contribution in [0.3, 0.4) is 0 Å². The Bertz CT molecular complexity index is 1310. The zero-order chi connectivity index (χ0) is 47.7. The zero-order valence-electron chi connectivity index (χ0n) is 43.2. The summed E-state index contributed by atoms with van der Waals surface area (Å²) in [7, 11) is 0. The lowest BCUT2D eigenvalue weighted by molar-refractivity contribution is -0.163. The first-order valence-electron chi connectivity index (χ1n) is 27.4. The van der Waals surface area contributed by atoms with Crippen LogP contribution in [0, 0.1) is 0 Å². The van der Waals surface area contributed by atoms with E-state index in [4.69, 9.17) is 14.2 Å². The van der Waals surface area contributed by atoms with Gasteiger partial charge in [-0.15, -0.1) is 0 Å². The summed E-state index contributed by atoms with van der Waals surface area (Å²) in [5.41, 5.74) is 0. The summed E-state index contributed by atoms with van der Waals surface area (Å²) < 4.78 is 17.4. The van der Waals surface area contributed by atoms with E-state index < -0.39 is 6.10 Å². The van der Waals surface area contributed by atoms with Crippen LogP contribution in [0.1, 0.15) is 239 Å². The maximum Gasteiger partial charge on any atom is 0.306 e. The summed E-state index contributed by atoms with van der Waals surface area (Å²) in [5.74, 6) is -0.437. The first-order chi connectivity index (χ1) is 32.6. The summed E-state index contributed by atoms with van der Waals surface area (Å²) in [6.45, 7) is 7.52.